The molecule has 0 saturated heterocycles. The number of nitrogens with zero attached hydrogens (tertiary/aromatic N) is 3. The molecule has 1 fully saturated rings. The Morgan fingerprint density at radius 3 is 2.42 bits per heavy atom. The van der Waals surface area contributed by atoms with E-state index in [0.717, 1.165) is 58.1 Å². The molecular weight excluding hydrogens is 578 g/mol. The first kappa shape index (κ1) is 30.9. The highest BCUT2D eigenvalue weighted by atomic mass is 35.5. The van der Waals surface area contributed by atoms with Crippen LogP contribution in [0.25, 0.3) is 12.2 Å². The Bertz CT molecular complexity index is 1840. The number of hydrogen-bond donors (Lipinski definition) is 0. The van der Waals surface area contributed by atoms with Crippen LogP contribution in [-0.2, 0) is 17.9 Å². The van der Waals surface area contributed by atoms with Gasteiger partial charge in [-0.25, -0.2) is 9.97 Å². The molecule has 0 spiro atoms. The van der Waals surface area contributed by atoms with Crippen LogP contribution in [0, 0.1) is 26.2 Å². The average molecular weight is 616 g/mol. The number of halogens is 1. The summed E-state index contributed by atoms with van der Waals surface area (Å²) in [6.07, 6.45) is 6.89. The molecule has 2 aromatic heterocycles. The Morgan fingerprint density at radius 2 is 1.79 bits per heavy atom. The van der Waals surface area contributed by atoms with Crippen molar-refractivity contribution in [2.45, 2.75) is 79.9 Å². The van der Waals surface area contributed by atoms with Crippen molar-refractivity contribution in [3.63, 3.8) is 0 Å². The first-order chi connectivity index (χ1) is 20.4. The molecule has 1 aliphatic rings. The molecular formula is C35H38ClN3O3S. The Balaban J connectivity index is 1.53. The molecule has 0 aliphatic heterocycles. The standard InChI is InChI=1S/C35H38ClN3O3S/c1-21-14-24(15-22(2)32(21)42-20-26-10-7-8-13-28(26)36)17-29-34(41)39(31(43-29)18-30(40)35(4,5)6)19-27-16-23(3)37-33(38-27)25-11-9-12-25/h7-8,10,13-18,25H,9,11-12,19-20H2,1-6H3/b29-17-,31-18+. The Hall–Kier alpha value is -3.55. The largest absolute Gasteiger partial charge is 0.488 e. The molecule has 8 heteroatoms. The number of carbonyl (C=O) groups excluding carboxylic acids is 1. The highest BCUT2D eigenvalue weighted by molar-refractivity contribution is 7.07. The van der Waals surface area contributed by atoms with E-state index in [9.17, 15) is 9.59 Å². The normalized spacial score (nSPS) is 14.7. The first-order valence-electron chi connectivity index (χ1n) is 14.7. The third kappa shape index (κ3) is 7.16. The van der Waals surface area contributed by atoms with Crippen molar-refractivity contribution < 1.29 is 9.53 Å². The predicted octanol–water partition coefficient (Wildman–Crippen LogP) is 6.40. The van der Waals surface area contributed by atoms with Crippen molar-refractivity contribution >= 4 is 40.9 Å². The summed E-state index contributed by atoms with van der Waals surface area (Å²) in [5, 5.41) is 0.672. The molecule has 0 bridgehead atoms. The van der Waals surface area contributed by atoms with Crippen LogP contribution in [0.2, 0.25) is 5.02 Å². The maximum Gasteiger partial charge on any atom is 0.269 e. The fourth-order valence-corrected chi connectivity index (χ4v) is 6.32. The van der Waals surface area contributed by atoms with Gasteiger partial charge >= 0.3 is 0 Å². The number of aromatic nitrogens is 3. The molecule has 0 N–H and O–H groups in total. The highest BCUT2D eigenvalue weighted by Gasteiger charge is 2.23. The van der Waals surface area contributed by atoms with Gasteiger partial charge in [0.1, 0.15) is 22.8 Å². The molecule has 0 atom stereocenters. The van der Waals surface area contributed by atoms with Gasteiger partial charge in [0.05, 0.1) is 16.8 Å². The van der Waals surface area contributed by atoms with Crippen molar-refractivity contribution in [1.29, 1.82) is 0 Å². The van der Waals surface area contributed by atoms with Crippen LogP contribution >= 0.6 is 22.9 Å². The molecule has 2 aromatic carbocycles. The lowest BCUT2D eigenvalue weighted by Crippen LogP contribution is -2.33. The second-order valence-corrected chi connectivity index (χ2v) is 13.9. The molecule has 0 unspecified atom stereocenters. The van der Waals surface area contributed by atoms with Gasteiger partial charge in [-0.05, 0) is 80.6 Å². The number of hydrogen-bond acceptors (Lipinski definition) is 6. The molecule has 43 heavy (non-hydrogen) atoms. The lowest BCUT2D eigenvalue weighted by molar-refractivity contribution is -0.120. The minimum atomic E-state index is -0.564. The van der Waals surface area contributed by atoms with Crippen LogP contribution in [0.3, 0.4) is 0 Å². The molecule has 224 valence electrons. The molecule has 4 aromatic rings. The molecule has 0 radical (unpaired) electrons. The lowest BCUT2D eigenvalue weighted by Gasteiger charge is -2.24. The number of benzene rings is 2. The second kappa shape index (κ2) is 12.6. The Kier molecular flexibility index (Phi) is 9.04. The summed E-state index contributed by atoms with van der Waals surface area (Å²) in [6.45, 7) is 12.3. The Morgan fingerprint density at radius 1 is 1.09 bits per heavy atom. The van der Waals surface area contributed by atoms with E-state index in [0.29, 0.717) is 26.7 Å². The van der Waals surface area contributed by atoms with Crippen molar-refractivity contribution in [3.8, 4) is 5.75 Å². The highest BCUT2D eigenvalue weighted by Crippen LogP contribution is 2.34. The average Bonchev–Trinajstić information content (AvgIpc) is 3.16. The quantitative estimate of drug-likeness (QED) is 0.229. The number of Topliss-reactive ketones (excluding diaryl/α,β-unsaturated/α-hetero) is 1. The van der Waals surface area contributed by atoms with Crippen molar-refractivity contribution in [3.05, 3.63) is 107 Å². The fourth-order valence-electron chi connectivity index (χ4n) is 5.08. The smallest absolute Gasteiger partial charge is 0.269 e. The van der Waals surface area contributed by atoms with Crippen LogP contribution in [-0.4, -0.2) is 20.3 Å². The van der Waals surface area contributed by atoms with E-state index in [4.69, 9.17) is 21.3 Å². The number of thiazole rings is 1. The first-order valence-corrected chi connectivity index (χ1v) is 15.9. The summed E-state index contributed by atoms with van der Waals surface area (Å²) in [6, 6.07) is 13.6. The van der Waals surface area contributed by atoms with Crippen LogP contribution < -0.4 is 19.5 Å². The summed E-state index contributed by atoms with van der Waals surface area (Å²) >= 11 is 7.64. The topological polar surface area (TPSA) is 74.1 Å². The summed E-state index contributed by atoms with van der Waals surface area (Å²) in [7, 11) is 0. The van der Waals surface area contributed by atoms with Gasteiger partial charge < -0.3 is 4.74 Å². The van der Waals surface area contributed by atoms with E-state index in [1.807, 2.05) is 90.1 Å². The number of aryl methyl sites for hydroxylation is 3. The number of rotatable bonds is 8. The molecule has 1 aliphatic carbocycles. The van der Waals surface area contributed by atoms with Gasteiger partial charge in [-0.15, -0.1) is 11.3 Å². The van der Waals surface area contributed by atoms with E-state index in [2.05, 4.69) is 4.98 Å². The zero-order valence-corrected chi connectivity index (χ0v) is 27.2. The molecule has 5 rings (SSSR count). The van der Waals surface area contributed by atoms with E-state index in [1.165, 1.54) is 17.8 Å². The van der Waals surface area contributed by atoms with E-state index >= 15 is 0 Å². The summed E-state index contributed by atoms with van der Waals surface area (Å²) in [4.78, 5) is 36.4. The number of ketones is 1. The monoisotopic (exact) mass is 615 g/mol. The fraction of sp³-hybridized carbons (Fsp3) is 0.371. The molecule has 1 saturated carbocycles. The summed E-state index contributed by atoms with van der Waals surface area (Å²) in [5.74, 6) is 2.01. The van der Waals surface area contributed by atoms with Crippen molar-refractivity contribution in [2.24, 2.45) is 5.41 Å². The molecule has 0 amide bonds. The van der Waals surface area contributed by atoms with Gasteiger partial charge in [0, 0.05) is 33.7 Å². The maximum atomic E-state index is 13.9. The zero-order valence-electron chi connectivity index (χ0n) is 25.7. The number of ether oxygens (including phenoxy) is 1. The zero-order chi connectivity index (χ0) is 30.9. The van der Waals surface area contributed by atoms with Gasteiger partial charge in [-0.1, -0.05) is 57.0 Å². The minimum absolute atomic E-state index is 0.0326. The van der Waals surface area contributed by atoms with Crippen LogP contribution in [0.4, 0.5) is 0 Å². The van der Waals surface area contributed by atoms with Crippen LogP contribution in [0.1, 0.15) is 85.4 Å². The van der Waals surface area contributed by atoms with Gasteiger partial charge in [0.2, 0.25) is 0 Å². The third-order valence-electron chi connectivity index (χ3n) is 7.76. The summed E-state index contributed by atoms with van der Waals surface area (Å²) in [5.41, 5.74) is 4.70. The second-order valence-electron chi connectivity index (χ2n) is 12.4. The minimum Gasteiger partial charge on any atom is -0.488 e. The third-order valence-corrected chi connectivity index (χ3v) is 9.18. The van der Waals surface area contributed by atoms with Crippen LogP contribution in [0.5, 0.6) is 5.75 Å². The van der Waals surface area contributed by atoms with E-state index in [-0.39, 0.29) is 17.9 Å². The predicted molar refractivity (Wildman–Crippen MR) is 174 cm³/mol. The molecule has 6 nitrogen and oxygen atoms in total. The van der Waals surface area contributed by atoms with Gasteiger partial charge in [-0.3, -0.25) is 14.2 Å². The maximum absolute atomic E-state index is 13.9. The molecule has 2 heterocycles. The lowest BCUT2D eigenvalue weighted by atomic mass is 9.85. The Labute approximate surface area is 261 Å². The van der Waals surface area contributed by atoms with Crippen LogP contribution in [0.15, 0.2) is 47.3 Å². The van der Waals surface area contributed by atoms with Crippen molar-refractivity contribution in [1.82, 2.24) is 14.5 Å². The number of carbonyl (C=O) groups is 1. The van der Waals surface area contributed by atoms with Gasteiger partial charge in [-0.2, -0.15) is 0 Å². The van der Waals surface area contributed by atoms with E-state index in [1.54, 1.807) is 10.6 Å². The van der Waals surface area contributed by atoms with Gasteiger partial charge in [0.25, 0.3) is 5.56 Å². The summed E-state index contributed by atoms with van der Waals surface area (Å²) < 4.78 is 9.01. The SMILES string of the molecule is Cc1cc(Cn2c(=O)/c(=C/c3cc(C)c(OCc4ccccc4Cl)c(C)c3)s/c2=C/C(=O)C(C)(C)C)nc(C2CCC2)n1. The van der Waals surface area contributed by atoms with E-state index < -0.39 is 5.41 Å². The van der Waals surface area contributed by atoms with Crippen molar-refractivity contribution in [2.75, 3.05) is 0 Å². The van der Waals surface area contributed by atoms with Gasteiger partial charge in [0.15, 0.2) is 5.78 Å².